The first-order valence-electron chi connectivity index (χ1n) is 4.39. The molecular weight excluding hydrogens is 148 g/mol. The molecule has 0 amide bonds. The highest BCUT2D eigenvalue weighted by molar-refractivity contribution is 5.36. The van der Waals surface area contributed by atoms with Gasteiger partial charge in [0.25, 0.3) is 0 Å². The first kappa shape index (κ1) is 7.74. The van der Waals surface area contributed by atoms with Gasteiger partial charge in [-0.15, -0.1) is 0 Å². The SMILES string of the molecule is Cc1cc(C)c2c(n1)CNC2C. The van der Waals surface area contributed by atoms with E-state index in [-0.39, 0.29) is 0 Å². The van der Waals surface area contributed by atoms with E-state index in [0.717, 1.165) is 12.2 Å². The second-order valence-corrected chi connectivity index (χ2v) is 3.54. The largest absolute Gasteiger partial charge is 0.304 e. The Balaban J connectivity index is 2.60. The van der Waals surface area contributed by atoms with E-state index >= 15 is 0 Å². The molecule has 1 N–H and O–H groups in total. The Kier molecular flexibility index (Phi) is 1.65. The number of rotatable bonds is 0. The Bertz CT molecular complexity index is 318. The van der Waals surface area contributed by atoms with Crippen LogP contribution in [0.2, 0.25) is 0 Å². The van der Waals surface area contributed by atoms with E-state index in [1.807, 2.05) is 0 Å². The molecule has 0 bridgehead atoms. The number of aromatic nitrogens is 1. The zero-order valence-corrected chi connectivity index (χ0v) is 7.81. The average molecular weight is 162 g/mol. The Hall–Kier alpha value is -0.890. The van der Waals surface area contributed by atoms with Crippen LogP contribution in [-0.4, -0.2) is 4.98 Å². The van der Waals surface area contributed by atoms with E-state index in [2.05, 4.69) is 37.1 Å². The maximum absolute atomic E-state index is 4.50. The molecule has 0 saturated carbocycles. The van der Waals surface area contributed by atoms with E-state index in [9.17, 15) is 0 Å². The molecule has 2 heterocycles. The highest BCUT2D eigenvalue weighted by Gasteiger charge is 2.20. The van der Waals surface area contributed by atoms with E-state index < -0.39 is 0 Å². The fourth-order valence-corrected chi connectivity index (χ4v) is 2.00. The molecule has 64 valence electrons. The van der Waals surface area contributed by atoms with Gasteiger partial charge in [-0.1, -0.05) is 0 Å². The minimum atomic E-state index is 0.480. The molecule has 1 aromatic rings. The van der Waals surface area contributed by atoms with Crippen molar-refractivity contribution in [3.63, 3.8) is 0 Å². The molecule has 1 aliphatic rings. The van der Waals surface area contributed by atoms with Crippen molar-refractivity contribution in [1.29, 1.82) is 0 Å². The van der Waals surface area contributed by atoms with Crippen molar-refractivity contribution >= 4 is 0 Å². The number of nitrogens with one attached hydrogen (secondary N) is 1. The lowest BCUT2D eigenvalue weighted by Crippen LogP contribution is -2.07. The summed E-state index contributed by atoms with van der Waals surface area (Å²) in [5.74, 6) is 0. The Morgan fingerprint density at radius 3 is 3.00 bits per heavy atom. The third kappa shape index (κ3) is 1.03. The first-order chi connectivity index (χ1) is 5.68. The molecule has 2 nitrogen and oxygen atoms in total. The summed E-state index contributed by atoms with van der Waals surface area (Å²) < 4.78 is 0. The van der Waals surface area contributed by atoms with Crippen molar-refractivity contribution in [2.24, 2.45) is 0 Å². The van der Waals surface area contributed by atoms with Crippen molar-refractivity contribution in [2.45, 2.75) is 33.4 Å². The predicted molar refractivity (Wildman–Crippen MR) is 49.0 cm³/mol. The van der Waals surface area contributed by atoms with Gasteiger partial charge in [-0.3, -0.25) is 4.98 Å². The van der Waals surface area contributed by atoms with E-state index in [4.69, 9.17) is 0 Å². The van der Waals surface area contributed by atoms with Crippen molar-refractivity contribution < 1.29 is 0 Å². The maximum atomic E-state index is 4.50. The molecule has 1 aliphatic heterocycles. The zero-order valence-electron chi connectivity index (χ0n) is 7.81. The number of pyridine rings is 1. The van der Waals surface area contributed by atoms with Crippen molar-refractivity contribution in [3.05, 3.63) is 28.6 Å². The highest BCUT2D eigenvalue weighted by atomic mass is 15.0. The molecule has 2 heteroatoms. The molecule has 0 spiro atoms. The summed E-state index contributed by atoms with van der Waals surface area (Å²) in [5, 5.41) is 3.39. The van der Waals surface area contributed by atoms with E-state index in [0.29, 0.717) is 6.04 Å². The number of fused-ring (bicyclic) bond motifs is 1. The van der Waals surface area contributed by atoms with Gasteiger partial charge in [0.2, 0.25) is 0 Å². The summed E-state index contributed by atoms with van der Waals surface area (Å²) in [7, 11) is 0. The van der Waals surface area contributed by atoms with Crippen molar-refractivity contribution in [1.82, 2.24) is 10.3 Å². The van der Waals surface area contributed by atoms with Crippen molar-refractivity contribution in [3.8, 4) is 0 Å². The van der Waals surface area contributed by atoms with Crippen LogP contribution in [0.4, 0.5) is 0 Å². The smallest absolute Gasteiger partial charge is 0.0595 e. The van der Waals surface area contributed by atoms with Crippen LogP contribution in [0, 0.1) is 13.8 Å². The topological polar surface area (TPSA) is 24.9 Å². The van der Waals surface area contributed by atoms with Gasteiger partial charge in [0, 0.05) is 18.3 Å². The van der Waals surface area contributed by atoms with Crippen LogP contribution >= 0.6 is 0 Å². The van der Waals surface area contributed by atoms with E-state index in [1.54, 1.807) is 0 Å². The standard InChI is InChI=1S/C10H14N2/c1-6-4-7(2)12-9-5-11-8(3)10(6)9/h4,8,11H,5H2,1-3H3. The van der Waals surface area contributed by atoms with Crippen molar-refractivity contribution in [2.75, 3.05) is 0 Å². The highest BCUT2D eigenvalue weighted by Crippen LogP contribution is 2.26. The minimum Gasteiger partial charge on any atom is -0.304 e. The Labute approximate surface area is 73.0 Å². The second-order valence-electron chi connectivity index (χ2n) is 3.54. The number of nitrogens with zero attached hydrogens (tertiary/aromatic N) is 1. The number of aryl methyl sites for hydroxylation is 2. The van der Waals surface area contributed by atoms with Gasteiger partial charge in [-0.25, -0.2) is 0 Å². The molecular formula is C10H14N2. The maximum Gasteiger partial charge on any atom is 0.0595 e. The normalized spacial score (nSPS) is 21.1. The fourth-order valence-electron chi connectivity index (χ4n) is 2.00. The summed E-state index contributed by atoms with van der Waals surface area (Å²) in [6, 6.07) is 2.63. The third-order valence-electron chi connectivity index (χ3n) is 2.48. The molecule has 2 rings (SSSR count). The van der Waals surface area contributed by atoms with Crippen LogP contribution in [0.5, 0.6) is 0 Å². The lowest BCUT2D eigenvalue weighted by atomic mass is 10.0. The first-order valence-corrected chi connectivity index (χ1v) is 4.39. The quantitative estimate of drug-likeness (QED) is 0.630. The van der Waals surface area contributed by atoms with Crippen LogP contribution in [0.3, 0.4) is 0 Å². The molecule has 0 radical (unpaired) electrons. The lowest BCUT2D eigenvalue weighted by Gasteiger charge is -2.08. The van der Waals surface area contributed by atoms with Crippen LogP contribution in [0.1, 0.15) is 35.5 Å². The van der Waals surface area contributed by atoms with Gasteiger partial charge in [-0.2, -0.15) is 0 Å². The molecule has 1 unspecified atom stereocenters. The van der Waals surface area contributed by atoms with Gasteiger partial charge >= 0.3 is 0 Å². The molecule has 1 aromatic heterocycles. The van der Waals surface area contributed by atoms with Crippen LogP contribution in [-0.2, 0) is 6.54 Å². The monoisotopic (exact) mass is 162 g/mol. The molecule has 0 aliphatic carbocycles. The summed E-state index contributed by atoms with van der Waals surface area (Å²) in [4.78, 5) is 4.50. The zero-order chi connectivity index (χ0) is 8.72. The van der Waals surface area contributed by atoms with Crippen LogP contribution in [0.15, 0.2) is 6.07 Å². The summed E-state index contributed by atoms with van der Waals surface area (Å²) in [6.45, 7) is 7.34. The molecule has 0 aromatic carbocycles. The fraction of sp³-hybridized carbons (Fsp3) is 0.500. The second kappa shape index (κ2) is 2.56. The van der Waals surface area contributed by atoms with Gasteiger partial charge < -0.3 is 5.32 Å². The summed E-state index contributed by atoms with van der Waals surface area (Å²) in [6.07, 6.45) is 0. The lowest BCUT2D eigenvalue weighted by molar-refractivity contribution is 0.630. The van der Waals surface area contributed by atoms with Gasteiger partial charge in [0.15, 0.2) is 0 Å². The molecule has 0 fully saturated rings. The Morgan fingerprint density at radius 1 is 1.50 bits per heavy atom. The van der Waals surface area contributed by atoms with Crippen LogP contribution < -0.4 is 5.32 Å². The van der Waals surface area contributed by atoms with E-state index in [1.165, 1.54) is 16.8 Å². The summed E-state index contributed by atoms with van der Waals surface area (Å²) >= 11 is 0. The predicted octanol–water partition coefficient (Wildman–Crippen LogP) is 1.86. The van der Waals surface area contributed by atoms with Gasteiger partial charge in [-0.05, 0) is 38.0 Å². The Morgan fingerprint density at radius 2 is 2.25 bits per heavy atom. The molecule has 1 atom stereocenters. The number of hydrogen-bond acceptors (Lipinski definition) is 2. The minimum absolute atomic E-state index is 0.480. The van der Waals surface area contributed by atoms with Crippen LogP contribution in [0.25, 0.3) is 0 Å². The van der Waals surface area contributed by atoms with Gasteiger partial charge in [0.05, 0.1) is 5.69 Å². The summed E-state index contributed by atoms with van der Waals surface area (Å²) in [5.41, 5.74) is 5.14. The number of hydrogen-bond donors (Lipinski definition) is 1. The van der Waals surface area contributed by atoms with Gasteiger partial charge in [0.1, 0.15) is 0 Å². The third-order valence-corrected chi connectivity index (χ3v) is 2.48. The molecule has 12 heavy (non-hydrogen) atoms. The molecule has 0 saturated heterocycles. The average Bonchev–Trinajstić information content (AvgIpc) is 2.31.